The number of amides is 1. The van der Waals surface area contributed by atoms with E-state index >= 15 is 0 Å². The zero-order valence-electron chi connectivity index (χ0n) is 15.7. The highest BCUT2D eigenvalue weighted by Gasteiger charge is 2.44. The molecule has 2 atom stereocenters. The number of aliphatic hydroxyl groups excluding tert-OH is 1. The van der Waals surface area contributed by atoms with E-state index in [1.807, 2.05) is 20.8 Å². The molecule has 0 saturated carbocycles. The molecule has 2 fully saturated rings. The Bertz CT molecular complexity index is 632. The number of benzene rings is 1. The molecule has 6 heteroatoms. The smallest absolute Gasteiger partial charge is 0.410 e. The van der Waals surface area contributed by atoms with Crippen molar-refractivity contribution in [3.8, 4) is 0 Å². The number of aliphatic hydroxyl groups is 1. The van der Waals surface area contributed by atoms with Crippen LogP contribution < -0.4 is 0 Å². The highest BCUT2D eigenvalue weighted by atomic mass is 19.1. The number of piperidine rings is 1. The molecule has 2 aliphatic rings. The Labute approximate surface area is 154 Å². The molecule has 2 aliphatic heterocycles. The molecule has 0 bridgehead atoms. The summed E-state index contributed by atoms with van der Waals surface area (Å²) < 4.78 is 25.0. The molecule has 2 heterocycles. The Kier molecular flexibility index (Phi) is 5.26. The lowest BCUT2D eigenvalue weighted by Gasteiger charge is -2.48. The van der Waals surface area contributed by atoms with Crippen molar-refractivity contribution >= 4 is 6.09 Å². The van der Waals surface area contributed by atoms with Gasteiger partial charge in [0.1, 0.15) is 11.4 Å². The van der Waals surface area contributed by atoms with Gasteiger partial charge in [0.25, 0.3) is 0 Å². The maximum atomic E-state index is 13.2. The van der Waals surface area contributed by atoms with Gasteiger partial charge in [0.15, 0.2) is 0 Å². The average molecular weight is 365 g/mol. The van der Waals surface area contributed by atoms with Crippen molar-refractivity contribution in [2.24, 2.45) is 0 Å². The number of carbonyl (C=O) groups excluding carboxylic acids is 1. The Hall–Kier alpha value is -1.66. The van der Waals surface area contributed by atoms with Crippen LogP contribution in [0.15, 0.2) is 24.3 Å². The first-order valence-corrected chi connectivity index (χ1v) is 9.25. The van der Waals surface area contributed by atoms with Gasteiger partial charge in [0.2, 0.25) is 0 Å². The molecular formula is C20H28FNO4. The molecule has 2 saturated heterocycles. The van der Waals surface area contributed by atoms with Crippen LogP contribution in [0.4, 0.5) is 9.18 Å². The zero-order valence-corrected chi connectivity index (χ0v) is 15.7. The number of halogens is 1. The van der Waals surface area contributed by atoms with Gasteiger partial charge in [-0.05, 0) is 51.3 Å². The SMILES string of the molecule is CC(C)(C)OC(=O)N1CCC2(CC1)C[C@H](O)C[C@@H](c1ccc(F)cc1)O2. The van der Waals surface area contributed by atoms with Crippen LogP contribution in [-0.2, 0) is 9.47 Å². The summed E-state index contributed by atoms with van der Waals surface area (Å²) in [6, 6.07) is 6.25. The molecule has 1 N–H and O–H groups in total. The normalized spacial score (nSPS) is 26.0. The van der Waals surface area contributed by atoms with Crippen molar-refractivity contribution in [2.75, 3.05) is 13.1 Å². The fourth-order valence-electron chi connectivity index (χ4n) is 3.78. The summed E-state index contributed by atoms with van der Waals surface area (Å²) >= 11 is 0. The van der Waals surface area contributed by atoms with Crippen LogP contribution in [0.5, 0.6) is 0 Å². The minimum atomic E-state index is -0.516. The number of nitrogens with zero attached hydrogens (tertiary/aromatic N) is 1. The van der Waals surface area contributed by atoms with Gasteiger partial charge in [-0.1, -0.05) is 12.1 Å². The summed E-state index contributed by atoms with van der Waals surface area (Å²) in [5.41, 5.74) is -0.0915. The number of carbonyl (C=O) groups is 1. The minimum absolute atomic E-state index is 0.257. The van der Waals surface area contributed by atoms with Crippen molar-refractivity contribution in [1.29, 1.82) is 0 Å². The van der Waals surface area contributed by atoms with Gasteiger partial charge in [0, 0.05) is 25.9 Å². The van der Waals surface area contributed by atoms with Crippen LogP contribution in [0, 0.1) is 5.82 Å². The van der Waals surface area contributed by atoms with Crippen LogP contribution in [0.1, 0.15) is 58.1 Å². The summed E-state index contributed by atoms with van der Waals surface area (Å²) in [4.78, 5) is 13.9. The van der Waals surface area contributed by atoms with Gasteiger partial charge >= 0.3 is 6.09 Å². The summed E-state index contributed by atoms with van der Waals surface area (Å²) in [7, 11) is 0. The number of likely N-dealkylation sites (tertiary alicyclic amines) is 1. The van der Waals surface area contributed by atoms with E-state index in [0.29, 0.717) is 38.8 Å². The van der Waals surface area contributed by atoms with Crippen LogP contribution in [-0.4, -0.2) is 46.5 Å². The summed E-state index contributed by atoms with van der Waals surface area (Å²) in [6.45, 7) is 6.63. The Morgan fingerprint density at radius 2 is 1.88 bits per heavy atom. The molecular weight excluding hydrogens is 337 g/mol. The van der Waals surface area contributed by atoms with E-state index in [1.165, 1.54) is 12.1 Å². The molecule has 1 amide bonds. The zero-order chi connectivity index (χ0) is 18.9. The van der Waals surface area contributed by atoms with Gasteiger partial charge in [-0.25, -0.2) is 9.18 Å². The minimum Gasteiger partial charge on any atom is -0.444 e. The van der Waals surface area contributed by atoms with E-state index in [0.717, 1.165) is 5.56 Å². The molecule has 0 aromatic heterocycles. The first-order chi connectivity index (χ1) is 12.2. The van der Waals surface area contributed by atoms with E-state index < -0.39 is 17.3 Å². The second-order valence-corrected chi connectivity index (χ2v) is 8.40. The lowest BCUT2D eigenvalue weighted by molar-refractivity contribution is -0.182. The van der Waals surface area contributed by atoms with Gasteiger partial charge in [-0.2, -0.15) is 0 Å². The van der Waals surface area contributed by atoms with E-state index in [1.54, 1.807) is 17.0 Å². The topological polar surface area (TPSA) is 59.0 Å². The van der Waals surface area contributed by atoms with E-state index in [4.69, 9.17) is 9.47 Å². The molecule has 5 nitrogen and oxygen atoms in total. The fourth-order valence-corrected chi connectivity index (χ4v) is 3.78. The van der Waals surface area contributed by atoms with Crippen LogP contribution in [0.3, 0.4) is 0 Å². The lowest BCUT2D eigenvalue weighted by Crippen LogP contribution is -2.52. The Morgan fingerprint density at radius 1 is 1.27 bits per heavy atom. The lowest BCUT2D eigenvalue weighted by atomic mass is 9.81. The second-order valence-electron chi connectivity index (χ2n) is 8.40. The molecule has 1 spiro atoms. The van der Waals surface area contributed by atoms with Crippen LogP contribution in [0.25, 0.3) is 0 Å². The second kappa shape index (κ2) is 7.16. The molecule has 1 aromatic rings. The van der Waals surface area contributed by atoms with E-state index in [9.17, 15) is 14.3 Å². The molecule has 144 valence electrons. The largest absolute Gasteiger partial charge is 0.444 e. The molecule has 3 rings (SSSR count). The van der Waals surface area contributed by atoms with Crippen molar-refractivity contribution in [1.82, 2.24) is 4.90 Å². The first kappa shape index (κ1) is 19.1. The van der Waals surface area contributed by atoms with Gasteiger partial charge < -0.3 is 19.5 Å². The third-order valence-corrected chi connectivity index (χ3v) is 5.05. The average Bonchev–Trinajstić information content (AvgIpc) is 2.53. The van der Waals surface area contributed by atoms with Gasteiger partial charge in [0.05, 0.1) is 17.8 Å². The fraction of sp³-hybridized carbons (Fsp3) is 0.650. The molecule has 0 unspecified atom stereocenters. The highest BCUT2D eigenvalue weighted by molar-refractivity contribution is 5.68. The van der Waals surface area contributed by atoms with Crippen molar-refractivity contribution < 1.29 is 23.8 Å². The molecule has 0 radical (unpaired) electrons. The van der Waals surface area contributed by atoms with Crippen LogP contribution in [0.2, 0.25) is 0 Å². The molecule has 26 heavy (non-hydrogen) atoms. The van der Waals surface area contributed by atoms with Gasteiger partial charge in [-0.15, -0.1) is 0 Å². The monoisotopic (exact) mass is 365 g/mol. The summed E-state index contributed by atoms with van der Waals surface area (Å²) in [5.74, 6) is -0.287. The third-order valence-electron chi connectivity index (χ3n) is 5.05. The number of ether oxygens (including phenoxy) is 2. The first-order valence-electron chi connectivity index (χ1n) is 9.25. The standard InChI is InChI=1S/C20H28FNO4/c1-19(2,3)26-18(24)22-10-8-20(9-11-22)13-16(23)12-17(25-20)14-4-6-15(21)7-5-14/h4-7,16-17,23H,8-13H2,1-3H3/t16-,17+/m1/s1. The van der Waals surface area contributed by atoms with Gasteiger partial charge in [-0.3, -0.25) is 0 Å². The van der Waals surface area contributed by atoms with E-state index in [2.05, 4.69) is 0 Å². The summed E-state index contributed by atoms with van der Waals surface area (Å²) in [5, 5.41) is 10.4. The predicted octanol–water partition coefficient (Wildman–Crippen LogP) is 3.81. The van der Waals surface area contributed by atoms with Crippen molar-refractivity contribution in [3.05, 3.63) is 35.6 Å². The maximum absolute atomic E-state index is 13.2. The number of hydrogen-bond acceptors (Lipinski definition) is 4. The summed E-state index contributed by atoms with van der Waals surface area (Å²) in [6.07, 6.45) is 1.34. The molecule has 0 aliphatic carbocycles. The Morgan fingerprint density at radius 3 is 2.46 bits per heavy atom. The van der Waals surface area contributed by atoms with E-state index in [-0.39, 0.29) is 18.0 Å². The third kappa shape index (κ3) is 4.54. The predicted molar refractivity (Wildman–Crippen MR) is 95.2 cm³/mol. The quantitative estimate of drug-likeness (QED) is 0.822. The Balaban J connectivity index is 1.65. The van der Waals surface area contributed by atoms with Crippen LogP contribution >= 0.6 is 0 Å². The highest BCUT2D eigenvalue weighted by Crippen LogP contribution is 2.43. The van der Waals surface area contributed by atoms with Crippen molar-refractivity contribution in [3.63, 3.8) is 0 Å². The molecule has 1 aromatic carbocycles. The maximum Gasteiger partial charge on any atom is 0.410 e. The number of rotatable bonds is 1. The number of hydrogen-bond donors (Lipinski definition) is 1. The van der Waals surface area contributed by atoms with Crippen molar-refractivity contribution in [2.45, 2.75) is 69.9 Å².